The van der Waals surface area contributed by atoms with E-state index in [2.05, 4.69) is 14.6 Å². The van der Waals surface area contributed by atoms with Crippen molar-refractivity contribution in [1.82, 2.24) is 4.90 Å². The van der Waals surface area contributed by atoms with Gasteiger partial charge < -0.3 is 10.1 Å². The van der Waals surface area contributed by atoms with Gasteiger partial charge >= 0.3 is 6.09 Å². The molecule has 1 saturated heterocycles. The molecule has 0 radical (unpaired) electrons. The van der Waals surface area contributed by atoms with Crippen LogP contribution in [0.2, 0.25) is 0 Å². The molecule has 3 atom stereocenters. The Morgan fingerprint density at radius 2 is 2.19 bits per heavy atom. The first-order valence-corrected chi connectivity index (χ1v) is 8.61. The molecule has 0 aliphatic carbocycles. The SMILES string of the molecule is CC(C)(C)OC(=O)N1CC(F)(P)C[C@H]1CNc1ccc(F)cc1[N+](=O)[O-]. The minimum atomic E-state index is -1.67. The summed E-state index contributed by atoms with van der Waals surface area (Å²) in [5, 5.41) is 12.2. The number of carbonyl (C=O) groups excluding carboxylic acids is 1. The van der Waals surface area contributed by atoms with Crippen LogP contribution in [0.15, 0.2) is 18.2 Å². The summed E-state index contributed by atoms with van der Waals surface area (Å²) in [6.07, 6.45) is -0.626. The Morgan fingerprint density at radius 3 is 2.77 bits per heavy atom. The van der Waals surface area contributed by atoms with E-state index in [9.17, 15) is 23.7 Å². The van der Waals surface area contributed by atoms with E-state index in [1.807, 2.05) is 0 Å². The third kappa shape index (κ3) is 5.24. The molecule has 2 rings (SSSR count). The minimum absolute atomic E-state index is 0.0267. The third-order valence-corrected chi connectivity index (χ3v) is 4.18. The van der Waals surface area contributed by atoms with Gasteiger partial charge in [0.05, 0.1) is 23.6 Å². The molecular formula is C16H22F2N3O4P. The summed E-state index contributed by atoms with van der Waals surface area (Å²) in [4.78, 5) is 23.9. The highest BCUT2D eigenvalue weighted by Crippen LogP contribution is 2.37. The first kappa shape index (κ1) is 20.3. The number of nitrogens with one attached hydrogen (secondary N) is 1. The van der Waals surface area contributed by atoms with E-state index >= 15 is 0 Å². The van der Waals surface area contributed by atoms with Crippen molar-refractivity contribution < 1.29 is 23.2 Å². The van der Waals surface area contributed by atoms with E-state index in [1.54, 1.807) is 20.8 Å². The molecule has 1 aromatic carbocycles. The number of nitrogens with zero attached hydrogens (tertiary/aromatic N) is 2. The lowest BCUT2D eigenvalue weighted by molar-refractivity contribution is -0.384. The van der Waals surface area contributed by atoms with Crippen molar-refractivity contribution in [2.45, 2.75) is 44.2 Å². The summed E-state index contributed by atoms with van der Waals surface area (Å²) < 4.78 is 32.9. The molecule has 1 aromatic rings. The number of carbonyl (C=O) groups is 1. The van der Waals surface area contributed by atoms with Gasteiger partial charge in [-0.15, -0.1) is 0 Å². The summed E-state index contributed by atoms with van der Waals surface area (Å²) in [6.45, 7) is 5.02. The van der Waals surface area contributed by atoms with Crippen molar-refractivity contribution in [3.63, 3.8) is 0 Å². The summed E-state index contributed by atoms with van der Waals surface area (Å²) >= 11 is 0. The van der Waals surface area contributed by atoms with Gasteiger partial charge in [-0.2, -0.15) is 0 Å². The fourth-order valence-corrected chi connectivity index (χ4v) is 3.20. The molecule has 0 bridgehead atoms. The van der Waals surface area contributed by atoms with Gasteiger partial charge in [0.1, 0.15) is 22.5 Å². The van der Waals surface area contributed by atoms with Gasteiger partial charge in [-0.05, 0) is 32.9 Å². The highest BCUT2D eigenvalue weighted by Gasteiger charge is 2.44. The number of halogens is 2. The maximum atomic E-state index is 14.4. The fourth-order valence-electron chi connectivity index (χ4n) is 2.73. The summed E-state index contributed by atoms with van der Waals surface area (Å²) in [7, 11) is 2.08. The van der Waals surface area contributed by atoms with E-state index in [0.29, 0.717) is 0 Å². The van der Waals surface area contributed by atoms with Crippen LogP contribution in [0.25, 0.3) is 0 Å². The lowest BCUT2D eigenvalue weighted by atomic mass is 10.2. The monoisotopic (exact) mass is 389 g/mol. The van der Waals surface area contributed by atoms with Crippen molar-refractivity contribution in [1.29, 1.82) is 0 Å². The standard InChI is InChI=1S/C16H22F2N3O4P/c1-15(2,3)25-14(22)20-9-16(18,26)7-11(20)8-19-12-5-4-10(17)6-13(12)21(23)24/h4-6,11,19H,7-9,26H2,1-3H3/t11-,16?/m0/s1. The van der Waals surface area contributed by atoms with Gasteiger partial charge in [-0.3, -0.25) is 15.0 Å². The Labute approximate surface area is 152 Å². The second kappa shape index (κ2) is 7.31. The van der Waals surface area contributed by atoms with Gasteiger partial charge in [0.25, 0.3) is 5.69 Å². The fraction of sp³-hybridized carbons (Fsp3) is 0.562. The van der Waals surface area contributed by atoms with Crippen LogP contribution in [0.4, 0.5) is 25.0 Å². The summed E-state index contributed by atoms with van der Waals surface area (Å²) in [5.41, 5.74) is -1.06. The first-order chi connectivity index (χ1) is 11.9. The Hall–Kier alpha value is -2.02. The number of hydrogen-bond acceptors (Lipinski definition) is 5. The lowest BCUT2D eigenvalue weighted by Gasteiger charge is -2.28. The van der Waals surface area contributed by atoms with Crippen LogP contribution in [0.5, 0.6) is 0 Å². The van der Waals surface area contributed by atoms with Crippen molar-refractivity contribution in [2.75, 3.05) is 18.4 Å². The average molecular weight is 389 g/mol. The van der Waals surface area contributed by atoms with Crippen molar-refractivity contribution >= 4 is 26.7 Å². The highest BCUT2D eigenvalue weighted by molar-refractivity contribution is 7.18. The molecule has 1 aliphatic heterocycles. The number of amides is 1. The number of nitro groups is 1. The molecule has 1 aliphatic rings. The number of benzene rings is 1. The maximum absolute atomic E-state index is 14.4. The van der Waals surface area contributed by atoms with E-state index in [4.69, 9.17) is 4.74 Å². The number of likely N-dealkylation sites (tertiary alicyclic amines) is 1. The molecule has 10 heteroatoms. The van der Waals surface area contributed by atoms with Gasteiger partial charge in [0.2, 0.25) is 0 Å². The van der Waals surface area contributed by atoms with E-state index < -0.39 is 39.6 Å². The molecular weight excluding hydrogens is 367 g/mol. The van der Waals surface area contributed by atoms with Crippen LogP contribution in [-0.2, 0) is 4.74 Å². The Balaban J connectivity index is 2.14. The smallest absolute Gasteiger partial charge is 0.410 e. The zero-order chi connectivity index (χ0) is 19.7. The number of ether oxygens (including phenoxy) is 1. The number of anilines is 1. The predicted octanol–water partition coefficient (Wildman–Crippen LogP) is 3.70. The largest absolute Gasteiger partial charge is 0.444 e. The van der Waals surface area contributed by atoms with E-state index in [-0.39, 0.29) is 25.2 Å². The predicted molar refractivity (Wildman–Crippen MR) is 96.4 cm³/mol. The molecule has 2 unspecified atom stereocenters. The van der Waals surface area contributed by atoms with Crippen LogP contribution in [0.1, 0.15) is 27.2 Å². The van der Waals surface area contributed by atoms with Crippen LogP contribution in [-0.4, -0.2) is 46.1 Å². The van der Waals surface area contributed by atoms with Crippen LogP contribution < -0.4 is 5.32 Å². The summed E-state index contributed by atoms with van der Waals surface area (Å²) in [6, 6.07) is 2.56. The van der Waals surface area contributed by atoms with Gasteiger partial charge in [-0.25, -0.2) is 13.6 Å². The minimum Gasteiger partial charge on any atom is -0.444 e. The van der Waals surface area contributed by atoms with E-state index in [1.165, 1.54) is 11.0 Å². The maximum Gasteiger partial charge on any atom is 0.410 e. The average Bonchev–Trinajstić information content (AvgIpc) is 2.79. The molecule has 1 amide bonds. The zero-order valence-electron chi connectivity index (χ0n) is 14.8. The lowest BCUT2D eigenvalue weighted by Crippen LogP contribution is -2.43. The second-order valence-electron chi connectivity index (χ2n) is 7.30. The molecule has 1 N–H and O–H groups in total. The number of nitro benzene ring substituents is 1. The molecule has 144 valence electrons. The van der Waals surface area contributed by atoms with Gasteiger partial charge in [-0.1, -0.05) is 9.24 Å². The molecule has 1 fully saturated rings. The number of rotatable bonds is 4. The van der Waals surface area contributed by atoms with Gasteiger partial charge in [0, 0.05) is 13.0 Å². The van der Waals surface area contributed by atoms with Crippen molar-refractivity contribution in [3.05, 3.63) is 34.1 Å². The Bertz CT molecular complexity index is 709. The molecule has 0 spiro atoms. The van der Waals surface area contributed by atoms with Crippen LogP contribution >= 0.6 is 9.24 Å². The molecule has 7 nitrogen and oxygen atoms in total. The van der Waals surface area contributed by atoms with E-state index in [0.717, 1.165) is 12.1 Å². The number of hydrogen-bond donors (Lipinski definition) is 1. The Kier molecular flexibility index (Phi) is 5.70. The molecule has 26 heavy (non-hydrogen) atoms. The topological polar surface area (TPSA) is 84.7 Å². The second-order valence-corrected chi connectivity index (χ2v) is 8.34. The molecule has 0 aromatic heterocycles. The highest BCUT2D eigenvalue weighted by atomic mass is 31.0. The first-order valence-electron chi connectivity index (χ1n) is 8.03. The van der Waals surface area contributed by atoms with Crippen LogP contribution in [0, 0.1) is 15.9 Å². The van der Waals surface area contributed by atoms with Crippen molar-refractivity contribution in [2.24, 2.45) is 0 Å². The quantitative estimate of drug-likeness (QED) is 0.482. The Morgan fingerprint density at radius 1 is 1.54 bits per heavy atom. The van der Waals surface area contributed by atoms with Crippen LogP contribution in [0.3, 0.4) is 0 Å². The molecule has 1 heterocycles. The third-order valence-electron chi connectivity index (χ3n) is 3.76. The van der Waals surface area contributed by atoms with Gasteiger partial charge in [0.15, 0.2) is 0 Å². The zero-order valence-corrected chi connectivity index (χ0v) is 15.9. The summed E-state index contributed by atoms with van der Waals surface area (Å²) in [5.74, 6) is -0.730. The molecule has 0 saturated carbocycles. The normalized spacial score (nSPS) is 23.0. The number of alkyl halides is 1. The van der Waals surface area contributed by atoms with Crippen molar-refractivity contribution in [3.8, 4) is 0 Å².